The standard InChI is InChI=1S/C14H11ClFN3S/c15-12-8(17)6-9(18)14(13(12)16)20-11-5-7-3-1-2-4-10(7)19-11/h1-6,19H,17-18H2. The van der Waals surface area contributed by atoms with Gasteiger partial charge in [0, 0.05) is 10.9 Å². The van der Waals surface area contributed by atoms with Crippen LogP contribution in [0.3, 0.4) is 0 Å². The van der Waals surface area contributed by atoms with Crippen LogP contribution in [-0.4, -0.2) is 4.98 Å². The first kappa shape index (κ1) is 13.1. The van der Waals surface area contributed by atoms with Crippen molar-refractivity contribution >= 4 is 45.6 Å². The first-order valence-corrected chi connectivity index (χ1v) is 7.04. The van der Waals surface area contributed by atoms with Crippen molar-refractivity contribution in [2.24, 2.45) is 0 Å². The summed E-state index contributed by atoms with van der Waals surface area (Å²) >= 11 is 7.01. The second kappa shape index (κ2) is 4.92. The molecule has 20 heavy (non-hydrogen) atoms. The highest BCUT2D eigenvalue weighted by molar-refractivity contribution is 7.99. The Balaban J connectivity index is 2.05. The van der Waals surface area contributed by atoms with Crippen LogP contribution in [0.1, 0.15) is 0 Å². The highest BCUT2D eigenvalue weighted by Gasteiger charge is 2.16. The maximum Gasteiger partial charge on any atom is 0.159 e. The molecule has 1 heterocycles. The molecule has 0 amide bonds. The Hall–Kier alpha value is -1.85. The summed E-state index contributed by atoms with van der Waals surface area (Å²) in [6, 6.07) is 11.2. The number of aromatic amines is 1. The summed E-state index contributed by atoms with van der Waals surface area (Å²) in [4.78, 5) is 3.47. The lowest BCUT2D eigenvalue weighted by molar-refractivity contribution is 0.604. The number of nitrogen functional groups attached to an aromatic ring is 2. The summed E-state index contributed by atoms with van der Waals surface area (Å²) in [5.74, 6) is -0.590. The van der Waals surface area contributed by atoms with Crippen LogP contribution in [0, 0.1) is 5.82 Å². The van der Waals surface area contributed by atoms with Crippen molar-refractivity contribution in [2.75, 3.05) is 11.5 Å². The molecule has 0 fully saturated rings. The zero-order valence-corrected chi connectivity index (χ0v) is 11.9. The average Bonchev–Trinajstić information content (AvgIpc) is 2.83. The number of nitrogens with two attached hydrogens (primary N) is 2. The van der Waals surface area contributed by atoms with E-state index in [1.807, 2.05) is 30.3 Å². The van der Waals surface area contributed by atoms with Crippen molar-refractivity contribution in [3.05, 3.63) is 47.2 Å². The zero-order chi connectivity index (χ0) is 14.3. The van der Waals surface area contributed by atoms with Crippen molar-refractivity contribution < 1.29 is 4.39 Å². The predicted octanol–water partition coefficient (Wildman–Crippen LogP) is 4.28. The lowest BCUT2D eigenvalue weighted by Crippen LogP contribution is -1.98. The van der Waals surface area contributed by atoms with Gasteiger partial charge in [0.2, 0.25) is 0 Å². The highest BCUT2D eigenvalue weighted by atomic mass is 35.5. The molecule has 5 N–H and O–H groups in total. The van der Waals surface area contributed by atoms with E-state index < -0.39 is 5.82 Å². The number of rotatable bonds is 2. The zero-order valence-electron chi connectivity index (χ0n) is 10.3. The Labute approximate surface area is 124 Å². The molecule has 0 atom stereocenters. The molecule has 2 aromatic carbocycles. The lowest BCUT2D eigenvalue weighted by atomic mass is 10.3. The number of para-hydroxylation sites is 1. The number of aromatic nitrogens is 1. The fourth-order valence-electron chi connectivity index (χ4n) is 1.96. The number of hydrogen-bond donors (Lipinski definition) is 3. The molecule has 0 aliphatic heterocycles. The normalized spacial score (nSPS) is 11.1. The first-order chi connectivity index (χ1) is 9.56. The monoisotopic (exact) mass is 307 g/mol. The number of benzene rings is 2. The topological polar surface area (TPSA) is 67.8 Å². The Bertz CT molecular complexity index is 767. The highest BCUT2D eigenvalue weighted by Crippen LogP contribution is 2.40. The quantitative estimate of drug-likeness (QED) is 0.619. The molecule has 0 saturated heterocycles. The molecule has 3 rings (SSSR count). The summed E-state index contributed by atoms with van der Waals surface area (Å²) < 4.78 is 14.1. The fraction of sp³-hybridized carbons (Fsp3) is 0. The maximum absolute atomic E-state index is 14.1. The Morgan fingerprint density at radius 1 is 1.10 bits per heavy atom. The first-order valence-electron chi connectivity index (χ1n) is 5.85. The smallest absolute Gasteiger partial charge is 0.159 e. The molecule has 0 aliphatic carbocycles. The van der Waals surface area contributed by atoms with Gasteiger partial charge in [0.15, 0.2) is 5.82 Å². The number of nitrogens with one attached hydrogen (secondary N) is 1. The van der Waals surface area contributed by atoms with Gasteiger partial charge in [-0.05, 0) is 18.2 Å². The number of hydrogen-bond acceptors (Lipinski definition) is 3. The van der Waals surface area contributed by atoms with Gasteiger partial charge in [-0.3, -0.25) is 0 Å². The molecule has 0 aliphatic rings. The SMILES string of the molecule is Nc1cc(N)c(Sc2cc3ccccc3[nH]2)c(F)c1Cl. The van der Waals surface area contributed by atoms with Gasteiger partial charge < -0.3 is 16.5 Å². The average molecular weight is 308 g/mol. The number of H-pyrrole nitrogens is 1. The van der Waals surface area contributed by atoms with E-state index in [-0.39, 0.29) is 21.3 Å². The maximum atomic E-state index is 14.1. The van der Waals surface area contributed by atoms with Crippen LogP contribution in [-0.2, 0) is 0 Å². The van der Waals surface area contributed by atoms with E-state index in [1.54, 1.807) is 0 Å². The van der Waals surface area contributed by atoms with Crippen molar-refractivity contribution in [1.82, 2.24) is 4.98 Å². The molecular weight excluding hydrogens is 297 g/mol. The van der Waals surface area contributed by atoms with Crippen molar-refractivity contribution in [3.63, 3.8) is 0 Å². The van der Waals surface area contributed by atoms with Gasteiger partial charge in [0.1, 0.15) is 5.02 Å². The number of fused-ring (bicyclic) bond motifs is 1. The van der Waals surface area contributed by atoms with Gasteiger partial charge in [0.25, 0.3) is 0 Å². The summed E-state index contributed by atoms with van der Waals surface area (Å²) in [6.45, 7) is 0. The van der Waals surface area contributed by atoms with Crippen LogP contribution in [0.4, 0.5) is 15.8 Å². The van der Waals surface area contributed by atoms with E-state index in [1.165, 1.54) is 17.8 Å². The largest absolute Gasteiger partial charge is 0.398 e. The van der Waals surface area contributed by atoms with Crippen molar-refractivity contribution in [1.29, 1.82) is 0 Å². The van der Waals surface area contributed by atoms with Crippen LogP contribution in [0.5, 0.6) is 0 Å². The van der Waals surface area contributed by atoms with E-state index in [0.717, 1.165) is 15.9 Å². The van der Waals surface area contributed by atoms with E-state index in [2.05, 4.69) is 4.98 Å². The molecule has 6 heteroatoms. The minimum atomic E-state index is -0.590. The predicted molar refractivity (Wildman–Crippen MR) is 82.7 cm³/mol. The number of halogens is 2. The van der Waals surface area contributed by atoms with E-state index >= 15 is 0 Å². The third-order valence-corrected chi connectivity index (χ3v) is 4.38. The molecular formula is C14H11ClFN3S. The Morgan fingerprint density at radius 3 is 2.60 bits per heavy atom. The lowest BCUT2D eigenvalue weighted by Gasteiger charge is -2.09. The number of anilines is 2. The minimum Gasteiger partial charge on any atom is -0.398 e. The molecule has 0 spiro atoms. The molecule has 0 unspecified atom stereocenters. The third kappa shape index (κ3) is 2.19. The Morgan fingerprint density at radius 2 is 1.85 bits per heavy atom. The van der Waals surface area contributed by atoms with Gasteiger partial charge in [-0.1, -0.05) is 41.6 Å². The molecule has 0 bridgehead atoms. The molecule has 1 aromatic heterocycles. The third-order valence-electron chi connectivity index (χ3n) is 2.94. The summed E-state index contributed by atoms with van der Waals surface area (Å²) in [6.07, 6.45) is 0. The van der Waals surface area contributed by atoms with Crippen LogP contribution in [0.25, 0.3) is 10.9 Å². The van der Waals surface area contributed by atoms with Crippen molar-refractivity contribution in [3.8, 4) is 0 Å². The fourth-order valence-corrected chi connectivity index (χ4v) is 3.11. The van der Waals surface area contributed by atoms with Crippen LogP contribution >= 0.6 is 23.4 Å². The van der Waals surface area contributed by atoms with Gasteiger partial charge >= 0.3 is 0 Å². The van der Waals surface area contributed by atoms with E-state index in [9.17, 15) is 4.39 Å². The van der Waals surface area contributed by atoms with E-state index in [0.29, 0.717) is 0 Å². The summed E-state index contributed by atoms with van der Waals surface area (Å²) in [5.41, 5.74) is 12.8. The summed E-state index contributed by atoms with van der Waals surface area (Å²) in [5, 5.41) is 1.74. The van der Waals surface area contributed by atoms with Gasteiger partial charge in [0.05, 0.1) is 21.3 Å². The Kier molecular flexibility index (Phi) is 3.23. The van der Waals surface area contributed by atoms with Gasteiger partial charge in [-0.2, -0.15) is 0 Å². The molecule has 0 radical (unpaired) electrons. The molecule has 0 saturated carbocycles. The van der Waals surface area contributed by atoms with E-state index in [4.69, 9.17) is 23.1 Å². The van der Waals surface area contributed by atoms with Gasteiger partial charge in [-0.25, -0.2) is 4.39 Å². The minimum absolute atomic E-state index is 0.0992. The molecule has 102 valence electrons. The molecule has 3 nitrogen and oxygen atoms in total. The van der Waals surface area contributed by atoms with Crippen LogP contribution in [0.2, 0.25) is 5.02 Å². The summed E-state index contributed by atoms with van der Waals surface area (Å²) in [7, 11) is 0. The van der Waals surface area contributed by atoms with Crippen molar-refractivity contribution in [2.45, 2.75) is 9.92 Å². The van der Waals surface area contributed by atoms with Crippen LogP contribution < -0.4 is 11.5 Å². The van der Waals surface area contributed by atoms with Crippen LogP contribution in [0.15, 0.2) is 46.3 Å². The second-order valence-corrected chi connectivity index (χ2v) is 5.77. The molecule has 3 aromatic rings. The van der Waals surface area contributed by atoms with Gasteiger partial charge in [-0.15, -0.1) is 0 Å². The second-order valence-electron chi connectivity index (χ2n) is 4.34.